The molecule has 0 atom stereocenters. The largest absolute Gasteiger partial charge is 0.322 e. The lowest BCUT2D eigenvalue weighted by Crippen LogP contribution is -2.14. The first-order chi connectivity index (χ1) is 10.5. The zero-order valence-electron chi connectivity index (χ0n) is 11.1. The van der Waals surface area contributed by atoms with Crippen molar-refractivity contribution in [3.05, 3.63) is 67.2 Å². The molecule has 2 N–H and O–H groups in total. The summed E-state index contributed by atoms with van der Waals surface area (Å²) in [5.74, 6) is -0.263. The van der Waals surface area contributed by atoms with Gasteiger partial charge in [-0.2, -0.15) is 0 Å². The fourth-order valence-electron chi connectivity index (χ4n) is 2.02. The Morgan fingerprint density at radius 3 is 2.82 bits per heavy atom. The number of carbonyl (C=O) groups excluding carboxylic acids is 1. The van der Waals surface area contributed by atoms with Crippen LogP contribution in [0.3, 0.4) is 0 Å². The highest BCUT2D eigenvalue weighted by Crippen LogP contribution is 2.20. The van der Waals surface area contributed by atoms with Gasteiger partial charge in [-0.05, 0) is 59.0 Å². The first kappa shape index (κ1) is 15.0. The number of anilines is 1. The number of nitrogens with zero attached hydrogens (tertiary/aromatic N) is 1. The third-order valence-electron chi connectivity index (χ3n) is 3.07. The predicted molar refractivity (Wildman–Crippen MR) is 94.5 cm³/mol. The van der Waals surface area contributed by atoms with Gasteiger partial charge in [0.1, 0.15) is 0 Å². The molecule has 110 valence electrons. The van der Waals surface area contributed by atoms with Crippen molar-refractivity contribution in [2.24, 2.45) is 0 Å². The number of fused-ring (bicyclic) bond motifs is 1. The van der Waals surface area contributed by atoms with Gasteiger partial charge in [0, 0.05) is 14.3 Å². The third-order valence-corrected chi connectivity index (χ3v) is 4.20. The molecule has 7 heteroatoms. The topological polar surface area (TPSA) is 74.8 Å². The van der Waals surface area contributed by atoms with Crippen molar-refractivity contribution in [2.45, 2.75) is 0 Å². The van der Waals surface area contributed by atoms with Crippen LogP contribution >= 0.6 is 34.2 Å². The van der Waals surface area contributed by atoms with Gasteiger partial charge >= 0.3 is 0 Å². The van der Waals surface area contributed by atoms with Crippen LogP contribution in [0.1, 0.15) is 10.4 Å². The Balaban J connectivity index is 1.94. The molecule has 5 nitrogen and oxygen atoms in total. The van der Waals surface area contributed by atoms with Gasteiger partial charge in [-0.15, -0.1) is 0 Å². The lowest BCUT2D eigenvalue weighted by atomic mass is 10.2. The number of nitrogens with one attached hydrogen (secondary N) is 2. The van der Waals surface area contributed by atoms with Crippen LogP contribution in [0.4, 0.5) is 5.69 Å². The lowest BCUT2D eigenvalue weighted by molar-refractivity contribution is 0.102. The van der Waals surface area contributed by atoms with E-state index in [2.05, 4.69) is 37.9 Å². The third kappa shape index (κ3) is 2.97. The minimum atomic E-state index is -0.263. The van der Waals surface area contributed by atoms with E-state index in [1.165, 1.54) is 6.33 Å². The zero-order valence-corrected chi connectivity index (χ0v) is 14.0. The second-order valence-electron chi connectivity index (χ2n) is 4.54. The maximum absolute atomic E-state index is 12.3. The Labute approximate surface area is 143 Å². The smallest absolute Gasteiger partial charge is 0.258 e. The molecule has 0 bridgehead atoms. The molecule has 0 aliphatic rings. The minimum Gasteiger partial charge on any atom is -0.322 e. The van der Waals surface area contributed by atoms with E-state index in [1.807, 2.05) is 0 Å². The summed E-state index contributed by atoms with van der Waals surface area (Å²) in [5, 5.41) is 3.77. The van der Waals surface area contributed by atoms with Gasteiger partial charge in [-0.1, -0.05) is 11.6 Å². The number of hydrogen-bond donors (Lipinski definition) is 2. The standard InChI is InChI=1S/C15H9ClIN3O2/c16-8-1-3-10(12(17)5-8)15(22)20-9-2-4-13-11(6-9)14(21)19-7-18-13/h1-7H,(H,20,22)(H,18,19,21). The van der Waals surface area contributed by atoms with E-state index >= 15 is 0 Å². The van der Waals surface area contributed by atoms with Crippen molar-refractivity contribution in [1.82, 2.24) is 9.97 Å². The van der Waals surface area contributed by atoms with Crippen molar-refractivity contribution < 1.29 is 4.79 Å². The number of hydrogen-bond acceptors (Lipinski definition) is 3. The number of H-pyrrole nitrogens is 1. The second-order valence-corrected chi connectivity index (χ2v) is 6.14. The van der Waals surface area contributed by atoms with Crippen LogP contribution in [0.2, 0.25) is 5.02 Å². The van der Waals surface area contributed by atoms with Crippen LogP contribution in [0, 0.1) is 3.57 Å². The van der Waals surface area contributed by atoms with E-state index in [9.17, 15) is 9.59 Å². The fraction of sp³-hybridized carbons (Fsp3) is 0. The molecule has 0 radical (unpaired) electrons. The highest BCUT2D eigenvalue weighted by Gasteiger charge is 2.11. The van der Waals surface area contributed by atoms with Gasteiger partial charge in [-0.25, -0.2) is 4.98 Å². The summed E-state index contributed by atoms with van der Waals surface area (Å²) in [6.45, 7) is 0. The van der Waals surface area contributed by atoms with Crippen LogP contribution < -0.4 is 10.9 Å². The predicted octanol–water partition coefficient (Wildman–Crippen LogP) is 3.43. The number of benzene rings is 2. The van der Waals surface area contributed by atoms with Crippen LogP contribution in [0.5, 0.6) is 0 Å². The molecule has 0 spiro atoms. The van der Waals surface area contributed by atoms with E-state index in [-0.39, 0.29) is 11.5 Å². The van der Waals surface area contributed by atoms with E-state index < -0.39 is 0 Å². The summed E-state index contributed by atoms with van der Waals surface area (Å²) in [5.41, 5.74) is 1.37. The van der Waals surface area contributed by atoms with Gasteiger partial charge in [-0.3, -0.25) is 9.59 Å². The van der Waals surface area contributed by atoms with Gasteiger partial charge < -0.3 is 10.3 Å². The van der Waals surface area contributed by atoms with E-state index in [1.54, 1.807) is 36.4 Å². The Kier molecular flexibility index (Phi) is 4.12. The number of amides is 1. The normalized spacial score (nSPS) is 10.6. The molecular weight excluding hydrogens is 417 g/mol. The number of carbonyl (C=O) groups is 1. The number of aromatic nitrogens is 2. The summed E-state index contributed by atoms with van der Waals surface area (Å²) >= 11 is 7.94. The molecule has 22 heavy (non-hydrogen) atoms. The van der Waals surface area contributed by atoms with Crippen LogP contribution in [0.25, 0.3) is 10.9 Å². The monoisotopic (exact) mass is 425 g/mol. The summed E-state index contributed by atoms with van der Waals surface area (Å²) in [4.78, 5) is 30.6. The summed E-state index contributed by atoms with van der Waals surface area (Å²) in [6.07, 6.45) is 1.35. The van der Waals surface area contributed by atoms with Crippen LogP contribution in [0.15, 0.2) is 47.5 Å². The molecule has 0 fully saturated rings. The second kappa shape index (κ2) is 6.05. The summed E-state index contributed by atoms with van der Waals surface area (Å²) in [6, 6.07) is 10.0. The van der Waals surface area contributed by atoms with E-state index in [0.29, 0.717) is 27.2 Å². The Morgan fingerprint density at radius 1 is 1.23 bits per heavy atom. The molecule has 0 saturated carbocycles. The van der Waals surface area contributed by atoms with Crippen molar-refractivity contribution >= 4 is 56.7 Å². The molecule has 0 aliphatic carbocycles. The average Bonchev–Trinajstić information content (AvgIpc) is 2.48. The minimum absolute atomic E-state index is 0.248. The van der Waals surface area contributed by atoms with E-state index in [0.717, 1.165) is 3.57 Å². The fourth-order valence-corrected chi connectivity index (χ4v) is 3.13. The number of rotatable bonds is 2. The average molecular weight is 426 g/mol. The summed E-state index contributed by atoms with van der Waals surface area (Å²) < 4.78 is 0.753. The van der Waals surface area contributed by atoms with Gasteiger partial charge in [0.2, 0.25) is 0 Å². The number of halogens is 2. The first-order valence-electron chi connectivity index (χ1n) is 6.28. The van der Waals surface area contributed by atoms with Crippen molar-refractivity contribution in [3.63, 3.8) is 0 Å². The van der Waals surface area contributed by atoms with Gasteiger partial charge in [0.05, 0.1) is 22.8 Å². The first-order valence-corrected chi connectivity index (χ1v) is 7.74. The quantitative estimate of drug-likeness (QED) is 0.618. The number of aromatic amines is 1. The van der Waals surface area contributed by atoms with Crippen molar-refractivity contribution in [1.29, 1.82) is 0 Å². The molecular formula is C15H9ClIN3O2. The molecule has 0 aliphatic heterocycles. The van der Waals surface area contributed by atoms with Gasteiger partial charge in [0.15, 0.2) is 0 Å². The molecule has 0 saturated heterocycles. The molecule has 1 heterocycles. The highest BCUT2D eigenvalue weighted by molar-refractivity contribution is 14.1. The lowest BCUT2D eigenvalue weighted by Gasteiger charge is -2.08. The maximum atomic E-state index is 12.3. The SMILES string of the molecule is O=C(Nc1ccc2nc[nH]c(=O)c2c1)c1ccc(Cl)cc1I. The molecule has 3 rings (SSSR count). The molecule has 0 unspecified atom stereocenters. The molecule has 3 aromatic rings. The molecule has 1 amide bonds. The maximum Gasteiger partial charge on any atom is 0.258 e. The summed E-state index contributed by atoms with van der Waals surface area (Å²) in [7, 11) is 0. The Hall–Kier alpha value is -1.93. The van der Waals surface area contributed by atoms with Crippen molar-refractivity contribution in [2.75, 3.05) is 5.32 Å². The Bertz CT molecular complexity index is 939. The highest BCUT2D eigenvalue weighted by atomic mass is 127. The van der Waals surface area contributed by atoms with Crippen molar-refractivity contribution in [3.8, 4) is 0 Å². The van der Waals surface area contributed by atoms with Crippen LogP contribution in [-0.4, -0.2) is 15.9 Å². The van der Waals surface area contributed by atoms with Gasteiger partial charge in [0.25, 0.3) is 11.5 Å². The zero-order chi connectivity index (χ0) is 15.7. The van der Waals surface area contributed by atoms with E-state index in [4.69, 9.17) is 11.6 Å². The Morgan fingerprint density at radius 2 is 2.05 bits per heavy atom. The molecule has 2 aromatic carbocycles. The van der Waals surface area contributed by atoms with Crippen LogP contribution in [-0.2, 0) is 0 Å². The molecule has 1 aromatic heterocycles.